The molecule has 0 spiro atoms. The summed E-state index contributed by atoms with van der Waals surface area (Å²) in [7, 11) is 1.23. The van der Waals surface area contributed by atoms with Crippen LogP contribution in [0.15, 0.2) is 18.2 Å². The van der Waals surface area contributed by atoms with Crippen molar-refractivity contribution in [1.82, 2.24) is 5.43 Å². The zero-order valence-corrected chi connectivity index (χ0v) is 9.01. The number of hydrazine groups is 1. The monoisotopic (exact) mass is 252 g/mol. The highest BCUT2D eigenvalue weighted by molar-refractivity contribution is 5.33. The number of nitrogens with one attached hydrogen (secondary N) is 1. The Bertz CT molecular complexity index is 381. The van der Waals surface area contributed by atoms with Gasteiger partial charge in [0, 0.05) is 5.56 Å². The van der Waals surface area contributed by atoms with Gasteiger partial charge in [-0.25, -0.2) is 4.39 Å². The third-order valence-corrected chi connectivity index (χ3v) is 2.23. The van der Waals surface area contributed by atoms with Gasteiger partial charge in [-0.15, -0.1) is 0 Å². The Hall–Kier alpha value is -1.34. The molecule has 0 aliphatic heterocycles. The van der Waals surface area contributed by atoms with E-state index in [1.54, 1.807) is 0 Å². The van der Waals surface area contributed by atoms with Gasteiger partial charge >= 0.3 is 6.18 Å². The molecule has 3 N–H and O–H groups in total. The maximum absolute atomic E-state index is 13.7. The lowest BCUT2D eigenvalue weighted by atomic mass is 10.0. The van der Waals surface area contributed by atoms with Crippen LogP contribution < -0.4 is 16.0 Å². The Morgan fingerprint density at radius 3 is 2.53 bits per heavy atom. The largest absolute Gasteiger partial charge is 0.494 e. The minimum atomic E-state index is -4.44. The van der Waals surface area contributed by atoms with Crippen molar-refractivity contribution in [2.75, 3.05) is 7.11 Å². The summed E-state index contributed by atoms with van der Waals surface area (Å²) in [6, 6.07) is 2.61. The molecule has 0 saturated carbocycles. The quantitative estimate of drug-likeness (QED) is 0.491. The molecule has 1 atom stereocenters. The molecule has 7 heteroatoms. The molecule has 0 aliphatic rings. The van der Waals surface area contributed by atoms with E-state index in [1.807, 2.05) is 5.43 Å². The van der Waals surface area contributed by atoms with Gasteiger partial charge in [0.25, 0.3) is 0 Å². The Balaban J connectivity index is 3.04. The zero-order chi connectivity index (χ0) is 13.1. The summed E-state index contributed by atoms with van der Waals surface area (Å²) in [6.45, 7) is 0. The van der Waals surface area contributed by atoms with Gasteiger partial charge in [-0.1, -0.05) is 12.1 Å². The predicted octanol–water partition coefficient (Wildman–Crippen LogP) is 2.29. The van der Waals surface area contributed by atoms with Gasteiger partial charge < -0.3 is 4.74 Å². The fraction of sp³-hybridized carbons (Fsp3) is 0.400. The van der Waals surface area contributed by atoms with Crippen molar-refractivity contribution in [2.45, 2.75) is 18.6 Å². The minimum Gasteiger partial charge on any atom is -0.494 e. The van der Waals surface area contributed by atoms with Gasteiger partial charge in [0.15, 0.2) is 11.6 Å². The van der Waals surface area contributed by atoms with Crippen LogP contribution in [0.4, 0.5) is 17.6 Å². The van der Waals surface area contributed by atoms with Crippen molar-refractivity contribution < 1.29 is 22.3 Å². The van der Waals surface area contributed by atoms with Crippen molar-refractivity contribution in [3.63, 3.8) is 0 Å². The molecule has 0 aliphatic carbocycles. The molecule has 0 saturated heterocycles. The summed E-state index contributed by atoms with van der Waals surface area (Å²) in [5.41, 5.74) is 1.77. The summed E-state index contributed by atoms with van der Waals surface area (Å²) in [6.07, 6.45) is -5.69. The molecule has 1 rings (SSSR count). The van der Waals surface area contributed by atoms with E-state index in [4.69, 9.17) is 5.84 Å². The van der Waals surface area contributed by atoms with E-state index in [2.05, 4.69) is 4.74 Å². The Morgan fingerprint density at radius 1 is 1.41 bits per heavy atom. The molecule has 17 heavy (non-hydrogen) atoms. The molecule has 1 unspecified atom stereocenters. The standard InChI is InChI=1S/C10H12F4N2O/c1-17-8-4-2-3-6(9(8)11)7(16-15)5-10(12,13)14/h2-4,7,16H,5,15H2,1H3. The van der Waals surface area contributed by atoms with E-state index in [1.165, 1.54) is 25.3 Å². The van der Waals surface area contributed by atoms with Crippen molar-refractivity contribution in [1.29, 1.82) is 0 Å². The number of alkyl halides is 3. The number of methoxy groups -OCH3 is 1. The smallest absolute Gasteiger partial charge is 0.390 e. The fourth-order valence-electron chi connectivity index (χ4n) is 1.44. The van der Waals surface area contributed by atoms with Gasteiger partial charge in [-0.3, -0.25) is 11.3 Å². The highest BCUT2D eigenvalue weighted by Crippen LogP contribution is 2.32. The van der Waals surface area contributed by atoms with E-state index in [-0.39, 0.29) is 11.3 Å². The van der Waals surface area contributed by atoms with E-state index < -0.39 is 24.5 Å². The van der Waals surface area contributed by atoms with Gasteiger partial charge in [0.05, 0.1) is 19.6 Å². The number of hydrogen-bond acceptors (Lipinski definition) is 3. The first kappa shape index (κ1) is 13.7. The first-order valence-corrected chi connectivity index (χ1v) is 4.74. The second-order valence-electron chi connectivity index (χ2n) is 3.40. The summed E-state index contributed by atoms with van der Waals surface area (Å²) < 4.78 is 55.1. The SMILES string of the molecule is COc1cccc(C(CC(F)(F)F)NN)c1F. The molecule has 96 valence electrons. The Kier molecular flexibility index (Phi) is 4.30. The Morgan fingerprint density at radius 2 is 2.06 bits per heavy atom. The first-order valence-electron chi connectivity index (χ1n) is 4.74. The lowest BCUT2D eigenvalue weighted by Crippen LogP contribution is -2.32. The summed E-state index contributed by atoms with van der Waals surface area (Å²) in [5, 5.41) is 0. The molecular weight excluding hydrogens is 240 g/mol. The summed E-state index contributed by atoms with van der Waals surface area (Å²) in [4.78, 5) is 0. The zero-order valence-electron chi connectivity index (χ0n) is 9.01. The summed E-state index contributed by atoms with van der Waals surface area (Å²) >= 11 is 0. The van der Waals surface area contributed by atoms with E-state index >= 15 is 0 Å². The van der Waals surface area contributed by atoms with Crippen LogP contribution in [-0.2, 0) is 0 Å². The second-order valence-corrected chi connectivity index (χ2v) is 3.40. The third-order valence-electron chi connectivity index (χ3n) is 2.23. The molecule has 0 aromatic heterocycles. The van der Waals surface area contributed by atoms with Gasteiger partial charge in [0.2, 0.25) is 0 Å². The lowest BCUT2D eigenvalue weighted by molar-refractivity contribution is -0.140. The highest BCUT2D eigenvalue weighted by atomic mass is 19.4. The maximum Gasteiger partial charge on any atom is 0.390 e. The third kappa shape index (κ3) is 3.57. The number of ether oxygens (including phenoxy) is 1. The van der Waals surface area contributed by atoms with Crippen LogP contribution in [0.1, 0.15) is 18.0 Å². The normalized spacial score (nSPS) is 13.5. The molecule has 0 amide bonds. The van der Waals surface area contributed by atoms with Crippen LogP contribution in [0, 0.1) is 5.82 Å². The van der Waals surface area contributed by atoms with Crippen LogP contribution in [0.5, 0.6) is 5.75 Å². The first-order chi connectivity index (χ1) is 7.89. The van der Waals surface area contributed by atoms with Crippen LogP contribution in [0.3, 0.4) is 0 Å². The highest BCUT2D eigenvalue weighted by Gasteiger charge is 2.33. The number of benzene rings is 1. The second kappa shape index (κ2) is 5.33. The average molecular weight is 252 g/mol. The predicted molar refractivity (Wildman–Crippen MR) is 53.7 cm³/mol. The molecule has 1 aromatic rings. The fourth-order valence-corrected chi connectivity index (χ4v) is 1.44. The number of hydrogen-bond donors (Lipinski definition) is 2. The van der Waals surface area contributed by atoms with E-state index in [0.29, 0.717) is 0 Å². The van der Waals surface area contributed by atoms with E-state index in [0.717, 1.165) is 0 Å². The average Bonchev–Trinajstić information content (AvgIpc) is 2.25. The molecule has 3 nitrogen and oxygen atoms in total. The minimum absolute atomic E-state index is 0.120. The van der Waals surface area contributed by atoms with Crippen molar-refractivity contribution in [3.8, 4) is 5.75 Å². The van der Waals surface area contributed by atoms with Crippen molar-refractivity contribution >= 4 is 0 Å². The number of nitrogens with two attached hydrogens (primary N) is 1. The molecule has 0 heterocycles. The van der Waals surface area contributed by atoms with Gasteiger partial charge in [-0.2, -0.15) is 13.2 Å². The van der Waals surface area contributed by atoms with Crippen LogP contribution >= 0.6 is 0 Å². The molecule has 0 radical (unpaired) electrons. The van der Waals surface area contributed by atoms with Crippen LogP contribution in [0.25, 0.3) is 0 Å². The molecular formula is C10H12F4N2O. The maximum atomic E-state index is 13.7. The van der Waals surface area contributed by atoms with Crippen molar-refractivity contribution in [2.24, 2.45) is 5.84 Å². The van der Waals surface area contributed by atoms with Gasteiger partial charge in [-0.05, 0) is 6.07 Å². The number of halogens is 4. The van der Waals surface area contributed by atoms with Crippen molar-refractivity contribution in [3.05, 3.63) is 29.6 Å². The topological polar surface area (TPSA) is 47.3 Å². The Labute approximate surface area is 95.5 Å². The van der Waals surface area contributed by atoms with Crippen LogP contribution in [0.2, 0.25) is 0 Å². The lowest BCUT2D eigenvalue weighted by Gasteiger charge is -2.19. The number of rotatable bonds is 4. The summed E-state index contributed by atoms with van der Waals surface area (Å²) in [5.74, 6) is 4.05. The van der Waals surface area contributed by atoms with E-state index in [9.17, 15) is 17.6 Å². The molecule has 1 aromatic carbocycles. The van der Waals surface area contributed by atoms with Gasteiger partial charge in [0.1, 0.15) is 0 Å². The molecule has 0 fully saturated rings. The van der Waals surface area contributed by atoms with Crippen LogP contribution in [-0.4, -0.2) is 13.3 Å². The molecule has 0 bridgehead atoms.